The first-order valence-corrected chi connectivity index (χ1v) is 7.14. The third kappa shape index (κ3) is 2.83. The van der Waals surface area contributed by atoms with Gasteiger partial charge < -0.3 is 10.2 Å². The average molecular weight is 286 g/mol. The van der Waals surface area contributed by atoms with Gasteiger partial charge in [0, 0.05) is 11.8 Å². The van der Waals surface area contributed by atoms with E-state index in [0.29, 0.717) is 6.54 Å². The minimum Gasteiger partial charge on any atom is -0.481 e. The first-order valence-electron chi connectivity index (χ1n) is 7.14. The van der Waals surface area contributed by atoms with Crippen molar-refractivity contribution in [2.75, 3.05) is 0 Å². The summed E-state index contributed by atoms with van der Waals surface area (Å²) < 4.78 is 1.64. The van der Waals surface area contributed by atoms with Gasteiger partial charge in [-0.1, -0.05) is 24.3 Å². The first kappa shape index (κ1) is 13.8. The maximum Gasteiger partial charge on any atom is 0.305 e. The van der Waals surface area contributed by atoms with Crippen molar-refractivity contribution in [2.45, 2.75) is 37.8 Å². The normalized spacial score (nSPS) is 16.4. The van der Waals surface area contributed by atoms with Crippen molar-refractivity contribution in [3.63, 3.8) is 0 Å². The molecule has 0 aliphatic heterocycles. The van der Waals surface area contributed by atoms with Gasteiger partial charge in [-0.15, -0.1) is 0 Å². The Bertz CT molecular complexity index is 642. The predicted molar refractivity (Wildman–Crippen MR) is 77.7 cm³/mol. The van der Waals surface area contributed by atoms with Gasteiger partial charge in [0.15, 0.2) is 0 Å². The van der Waals surface area contributed by atoms with Crippen LogP contribution >= 0.6 is 0 Å². The van der Waals surface area contributed by atoms with E-state index in [1.807, 2.05) is 30.5 Å². The summed E-state index contributed by atoms with van der Waals surface area (Å²) in [6, 6.07) is 7.88. The lowest BCUT2D eigenvalue weighted by Gasteiger charge is -2.37. The fourth-order valence-corrected chi connectivity index (χ4v) is 2.62. The molecule has 3 rings (SSSR count). The zero-order chi connectivity index (χ0) is 14.9. The van der Waals surface area contributed by atoms with Crippen LogP contribution in [0.3, 0.4) is 0 Å². The van der Waals surface area contributed by atoms with Crippen LogP contribution < -0.4 is 0 Å². The number of hydrogen-bond acceptors (Lipinski definition) is 3. The number of rotatable bonds is 5. The zero-order valence-corrected chi connectivity index (χ0v) is 11.7. The van der Waals surface area contributed by atoms with Gasteiger partial charge in [0.25, 0.3) is 0 Å². The van der Waals surface area contributed by atoms with Crippen molar-refractivity contribution in [1.29, 1.82) is 0 Å². The fourth-order valence-electron chi connectivity index (χ4n) is 2.62. The molecule has 2 aromatic rings. The molecule has 0 radical (unpaired) electrons. The number of carbonyl (C=O) groups is 1. The van der Waals surface area contributed by atoms with E-state index in [0.717, 1.165) is 36.0 Å². The summed E-state index contributed by atoms with van der Waals surface area (Å²) in [6.07, 6.45) is 6.38. The lowest BCUT2D eigenvalue weighted by Crippen LogP contribution is -2.33. The summed E-state index contributed by atoms with van der Waals surface area (Å²) in [7, 11) is 0. The number of carboxylic acids is 1. The predicted octanol–water partition coefficient (Wildman–Crippen LogP) is 2.40. The standard InChI is InChI=1S/C16H18N2O3/c19-15(20)6-9-18-11-13(10-17-18)12-2-4-14(5-3-12)16(21)7-1-8-16/h2-5,10-11,21H,1,6-9H2,(H,19,20). The van der Waals surface area contributed by atoms with E-state index in [2.05, 4.69) is 5.10 Å². The molecule has 5 heteroatoms. The SMILES string of the molecule is O=C(O)CCn1cc(-c2ccc(C3(O)CCC3)cc2)cn1. The molecule has 1 saturated carbocycles. The van der Waals surface area contributed by atoms with E-state index in [1.165, 1.54) is 0 Å². The maximum absolute atomic E-state index is 10.6. The summed E-state index contributed by atoms with van der Waals surface area (Å²) in [4.78, 5) is 10.6. The molecule has 0 bridgehead atoms. The number of hydrogen-bond donors (Lipinski definition) is 2. The highest BCUT2D eigenvalue weighted by Gasteiger charge is 2.35. The fraction of sp³-hybridized carbons (Fsp3) is 0.375. The molecule has 0 amide bonds. The molecule has 0 atom stereocenters. The Hall–Kier alpha value is -2.14. The van der Waals surface area contributed by atoms with Gasteiger partial charge >= 0.3 is 5.97 Å². The van der Waals surface area contributed by atoms with Gasteiger partial charge in [-0.2, -0.15) is 5.10 Å². The molecule has 1 heterocycles. The van der Waals surface area contributed by atoms with Gasteiger partial charge in [0.05, 0.1) is 24.8 Å². The molecule has 0 saturated heterocycles. The van der Waals surface area contributed by atoms with Crippen molar-refractivity contribution in [3.8, 4) is 11.1 Å². The Morgan fingerprint density at radius 3 is 2.52 bits per heavy atom. The van der Waals surface area contributed by atoms with Crippen LogP contribution in [0.15, 0.2) is 36.7 Å². The van der Waals surface area contributed by atoms with Gasteiger partial charge in [-0.3, -0.25) is 9.48 Å². The summed E-state index contributed by atoms with van der Waals surface area (Å²) in [6.45, 7) is 0.368. The maximum atomic E-state index is 10.6. The number of nitrogens with zero attached hydrogens (tertiary/aromatic N) is 2. The number of carboxylic acid groups (broad SMARTS) is 1. The molecule has 1 fully saturated rings. The molecule has 110 valence electrons. The Morgan fingerprint density at radius 2 is 1.95 bits per heavy atom. The highest BCUT2D eigenvalue weighted by molar-refractivity contribution is 5.66. The number of aliphatic carboxylic acids is 1. The zero-order valence-electron chi connectivity index (χ0n) is 11.7. The van der Waals surface area contributed by atoms with Gasteiger partial charge in [-0.05, 0) is 30.4 Å². The van der Waals surface area contributed by atoms with E-state index in [-0.39, 0.29) is 6.42 Å². The van der Waals surface area contributed by atoms with Crippen molar-refractivity contribution >= 4 is 5.97 Å². The van der Waals surface area contributed by atoms with Crippen LogP contribution in [0.5, 0.6) is 0 Å². The quantitative estimate of drug-likeness (QED) is 0.885. The average Bonchev–Trinajstić information content (AvgIpc) is 2.92. The molecule has 21 heavy (non-hydrogen) atoms. The summed E-state index contributed by atoms with van der Waals surface area (Å²) >= 11 is 0. The summed E-state index contributed by atoms with van der Waals surface area (Å²) in [5.74, 6) is -0.829. The third-order valence-electron chi connectivity index (χ3n) is 4.12. The number of aryl methyl sites for hydroxylation is 1. The minimum absolute atomic E-state index is 0.0626. The molecule has 0 spiro atoms. The Kier molecular flexibility index (Phi) is 3.51. The Labute approximate surface area is 122 Å². The minimum atomic E-state index is -0.829. The van der Waals surface area contributed by atoms with E-state index in [1.54, 1.807) is 10.9 Å². The lowest BCUT2D eigenvalue weighted by molar-refractivity contribution is -0.137. The van der Waals surface area contributed by atoms with Crippen LogP contribution in [0, 0.1) is 0 Å². The van der Waals surface area contributed by atoms with Crippen molar-refractivity contribution < 1.29 is 15.0 Å². The summed E-state index contributed by atoms with van der Waals surface area (Å²) in [5, 5.41) is 23.1. The number of aliphatic hydroxyl groups is 1. The highest BCUT2D eigenvalue weighted by atomic mass is 16.4. The van der Waals surface area contributed by atoms with Gasteiger partial charge in [0.2, 0.25) is 0 Å². The molecular weight excluding hydrogens is 268 g/mol. The molecule has 1 aromatic heterocycles. The van der Waals surface area contributed by atoms with Crippen LogP contribution in [0.4, 0.5) is 0 Å². The van der Waals surface area contributed by atoms with Crippen LogP contribution in [0.1, 0.15) is 31.2 Å². The second-order valence-electron chi connectivity index (χ2n) is 5.60. The summed E-state index contributed by atoms with van der Waals surface area (Å²) in [5.41, 5.74) is 2.30. The second kappa shape index (κ2) is 5.33. The molecule has 1 aromatic carbocycles. The number of benzene rings is 1. The number of aromatic nitrogens is 2. The van der Waals surface area contributed by atoms with Gasteiger partial charge in [-0.25, -0.2) is 0 Å². The topological polar surface area (TPSA) is 75.3 Å². The van der Waals surface area contributed by atoms with E-state index in [9.17, 15) is 9.90 Å². The van der Waals surface area contributed by atoms with Crippen LogP contribution in [0.2, 0.25) is 0 Å². The molecule has 1 aliphatic carbocycles. The largest absolute Gasteiger partial charge is 0.481 e. The molecular formula is C16H18N2O3. The van der Waals surface area contributed by atoms with E-state index < -0.39 is 11.6 Å². The third-order valence-corrected chi connectivity index (χ3v) is 4.12. The van der Waals surface area contributed by atoms with Crippen molar-refractivity contribution in [2.24, 2.45) is 0 Å². The Balaban J connectivity index is 1.73. The van der Waals surface area contributed by atoms with Crippen molar-refractivity contribution in [1.82, 2.24) is 9.78 Å². The Morgan fingerprint density at radius 1 is 1.24 bits per heavy atom. The molecule has 0 unspecified atom stereocenters. The van der Waals surface area contributed by atoms with Crippen LogP contribution in [-0.4, -0.2) is 26.0 Å². The monoisotopic (exact) mass is 286 g/mol. The molecule has 5 nitrogen and oxygen atoms in total. The second-order valence-corrected chi connectivity index (χ2v) is 5.60. The smallest absolute Gasteiger partial charge is 0.305 e. The van der Waals surface area contributed by atoms with Crippen LogP contribution in [-0.2, 0) is 16.9 Å². The first-order chi connectivity index (χ1) is 10.1. The molecule has 1 aliphatic rings. The van der Waals surface area contributed by atoms with Crippen molar-refractivity contribution in [3.05, 3.63) is 42.2 Å². The lowest BCUT2D eigenvalue weighted by atomic mass is 9.75. The van der Waals surface area contributed by atoms with Gasteiger partial charge in [0.1, 0.15) is 0 Å². The highest BCUT2D eigenvalue weighted by Crippen LogP contribution is 2.41. The molecule has 2 N–H and O–H groups in total. The van der Waals surface area contributed by atoms with E-state index >= 15 is 0 Å². The van der Waals surface area contributed by atoms with E-state index in [4.69, 9.17) is 5.11 Å². The van der Waals surface area contributed by atoms with Crippen LogP contribution in [0.25, 0.3) is 11.1 Å².